The van der Waals surface area contributed by atoms with Gasteiger partial charge in [-0.1, -0.05) is 6.07 Å². The van der Waals surface area contributed by atoms with Gasteiger partial charge >= 0.3 is 5.97 Å². The molecule has 0 atom stereocenters. The molecule has 188 valence electrons. The first-order valence-corrected chi connectivity index (χ1v) is 12.3. The molecule has 1 heterocycles. The van der Waals surface area contributed by atoms with Crippen molar-refractivity contribution in [2.45, 2.75) is 84.4 Å². The summed E-state index contributed by atoms with van der Waals surface area (Å²) in [5.41, 5.74) is 1.95. The van der Waals surface area contributed by atoms with Crippen molar-refractivity contribution >= 4 is 17.8 Å². The lowest BCUT2D eigenvalue weighted by Crippen LogP contribution is -2.46. The predicted molar refractivity (Wildman–Crippen MR) is 131 cm³/mol. The maximum atomic E-state index is 12.2. The number of esters is 1. The zero-order valence-corrected chi connectivity index (χ0v) is 20.9. The summed E-state index contributed by atoms with van der Waals surface area (Å²) < 4.78 is 11.0. The number of benzene rings is 1. The molecule has 8 heteroatoms. The van der Waals surface area contributed by atoms with Crippen LogP contribution in [0.2, 0.25) is 0 Å². The van der Waals surface area contributed by atoms with E-state index in [2.05, 4.69) is 10.2 Å². The maximum absolute atomic E-state index is 12.2. The quantitative estimate of drug-likeness (QED) is 0.374. The molecule has 1 aliphatic carbocycles. The minimum Gasteiger partial charge on any atom is -0.491 e. The second-order valence-corrected chi connectivity index (χ2v) is 10.3. The van der Waals surface area contributed by atoms with E-state index in [1.165, 1.54) is 18.1 Å². The third-order valence-corrected chi connectivity index (χ3v) is 6.13. The van der Waals surface area contributed by atoms with E-state index in [1.807, 2.05) is 39.0 Å². The lowest BCUT2D eigenvalue weighted by molar-refractivity contribution is -0.156. The van der Waals surface area contributed by atoms with Gasteiger partial charge in [0.05, 0.1) is 12.6 Å². The summed E-state index contributed by atoms with van der Waals surface area (Å²) in [4.78, 5) is 31.1. The Morgan fingerprint density at radius 1 is 1.18 bits per heavy atom. The number of aliphatic hydroxyl groups is 1. The van der Waals surface area contributed by atoms with Crippen LogP contribution in [0.1, 0.15) is 70.9 Å². The molecular formula is C26H39N3O5. The number of carbonyl (C=O) groups excluding carboxylic acids is 2. The summed E-state index contributed by atoms with van der Waals surface area (Å²) in [6, 6.07) is 6.12. The summed E-state index contributed by atoms with van der Waals surface area (Å²) in [5, 5.41) is 11.9. The fourth-order valence-electron chi connectivity index (χ4n) is 4.58. The monoisotopic (exact) mass is 473 g/mol. The van der Waals surface area contributed by atoms with Crippen LogP contribution in [0.3, 0.4) is 0 Å². The molecule has 0 saturated heterocycles. The summed E-state index contributed by atoms with van der Waals surface area (Å²) in [6.07, 6.45) is 4.94. The maximum Gasteiger partial charge on any atom is 0.306 e. The Morgan fingerprint density at radius 2 is 1.91 bits per heavy atom. The van der Waals surface area contributed by atoms with E-state index in [9.17, 15) is 9.59 Å². The average molecular weight is 474 g/mol. The van der Waals surface area contributed by atoms with Crippen LogP contribution in [0.4, 0.5) is 0 Å². The van der Waals surface area contributed by atoms with E-state index in [-0.39, 0.29) is 31.1 Å². The Morgan fingerprint density at radius 3 is 2.56 bits per heavy atom. The lowest BCUT2D eigenvalue weighted by atomic mass is 9.84. The van der Waals surface area contributed by atoms with Crippen molar-refractivity contribution in [3.8, 4) is 5.75 Å². The molecule has 0 unspecified atom stereocenters. The zero-order valence-electron chi connectivity index (χ0n) is 20.9. The number of guanidine groups is 1. The molecule has 0 spiro atoms. The lowest BCUT2D eigenvalue weighted by Gasteiger charge is -2.33. The number of hydrogen-bond acceptors (Lipinski definition) is 6. The molecule has 1 saturated carbocycles. The molecule has 3 rings (SSSR count). The number of fused-ring (bicyclic) bond motifs is 1. The zero-order chi connectivity index (χ0) is 24.7. The smallest absolute Gasteiger partial charge is 0.306 e. The first-order chi connectivity index (χ1) is 16.1. The van der Waals surface area contributed by atoms with Crippen molar-refractivity contribution in [3.63, 3.8) is 0 Å². The number of ether oxygens (including phenoxy) is 2. The molecule has 0 aromatic heterocycles. The molecule has 2 aliphatic rings. The molecule has 0 bridgehead atoms. The summed E-state index contributed by atoms with van der Waals surface area (Å²) in [6.45, 7) is 8.88. The van der Waals surface area contributed by atoms with E-state index < -0.39 is 5.60 Å². The van der Waals surface area contributed by atoms with E-state index in [1.54, 1.807) is 0 Å². The van der Waals surface area contributed by atoms with Crippen molar-refractivity contribution in [1.82, 2.24) is 10.2 Å². The van der Waals surface area contributed by atoms with Crippen LogP contribution < -0.4 is 10.1 Å². The number of nitrogens with one attached hydrogen (secondary N) is 1. The summed E-state index contributed by atoms with van der Waals surface area (Å²) in [5.74, 6) is 1.47. The first-order valence-electron chi connectivity index (χ1n) is 12.3. The average Bonchev–Trinajstić information content (AvgIpc) is 2.76. The van der Waals surface area contributed by atoms with Crippen molar-refractivity contribution in [2.24, 2.45) is 10.9 Å². The molecule has 8 nitrogen and oxygen atoms in total. The molecular weight excluding hydrogens is 434 g/mol. The highest BCUT2D eigenvalue weighted by atomic mass is 16.6. The summed E-state index contributed by atoms with van der Waals surface area (Å²) >= 11 is 0. The highest BCUT2D eigenvalue weighted by Gasteiger charge is 2.27. The van der Waals surface area contributed by atoms with Crippen LogP contribution >= 0.6 is 0 Å². The Hall–Kier alpha value is -2.61. The molecule has 1 amide bonds. The van der Waals surface area contributed by atoms with Gasteiger partial charge in [-0.3, -0.25) is 14.9 Å². The van der Waals surface area contributed by atoms with Gasteiger partial charge in [0.15, 0.2) is 0 Å². The van der Waals surface area contributed by atoms with Crippen LogP contribution in [0.15, 0.2) is 23.2 Å². The van der Waals surface area contributed by atoms with Crippen LogP contribution in [-0.4, -0.2) is 59.2 Å². The molecule has 1 aromatic carbocycles. The first kappa shape index (κ1) is 26.0. The minimum atomic E-state index is -0.451. The van der Waals surface area contributed by atoms with Gasteiger partial charge in [-0.2, -0.15) is 0 Å². The van der Waals surface area contributed by atoms with Crippen molar-refractivity contribution in [1.29, 1.82) is 0 Å². The van der Waals surface area contributed by atoms with Gasteiger partial charge in [0, 0.05) is 26.4 Å². The third kappa shape index (κ3) is 8.01. The molecule has 1 aromatic rings. The van der Waals surface area contributed by atoms with E-state index >= 15 is 0 Å². The number of rotatable bonds is 6. The number of amides is 1. The van der Waals surface area contributed by atoms with E-state index in [4.69, 9.17) is 19.6 Å². The normalized spacial score (nSPS) is 21.0. The van der Waals surface area contributed by atoms with Crippen LogP contribution in [0.25, 0.3) is 0 Å². The second-order valence-electron chi connectivity index (χ2n) is 10.3. The van der Waals surface area contributed by atoms with Crippen LogP contribution in [-0.2, 0) is 27.3 Å². The second kappa shape index (κ2) is 11.7. The SMILES string of the molecule is CC(=O)NC(=NC1CCC(CC(=O)OC(C)(C)C)CC1)N1CCc2cc(OCCO)ccc2C1. The van der Waals surface area contributed by atoms with Gasteiger partial charge in [0.25, 0.3) is 0 Å². The molecule has 0 radical (unpaired) electrons. The third-order valence-electron chi connectivity index (χ3n) is 6.13. The standard InChI is InChI=1S/C26H39N3O5/c1-18(31)27-25(28-22-8-5-19(6-9-22)15-24(32)34-26(2,3)4)29-12-11-20-16-23(33-14-13-30)10-7-21(20)17-29/h7,10,16,19,22,30H,5-6,8-9,11-15,17H2,1-4H3,(H,27,28,31). The predicted octanol–water partition coefficient (Wildman–Crippen LogP) is 3.20. The molecule has 1 fully saturated rings. The van der Waals surface area contributed by atoms with Gasteiger partial charge in [0.1, 0.15) is 18.0 Å². The number of aliphatic imine (C=N–C) groups is 1. The van der Waals surface area contributed by atoms with Gasteiger partial charge < -0.3 is 19.5 Å². The Bertz CT molecular complexity index is 885. The topological polar surface area (TPSA) is 100 Å². The Kier molecular flexibility index (Phi) is 8.94. The highest BCUT2D eigenvalue weighted by Crippen LogP contribution is 2.30. The number of aliphatic hydroxyl groups excluding tert-OH is 1. The number of hydrogen-bond donors (Lipinski definition) is 2. The highest BCUT2D eigenvalue weighted by molar-refractivity contribution is 5.96. The Balaban J connectivity index is 1.60. The van der Waals surface area contributed by atoms with Crippen molar-refractivity contribution in [2.75, 3.05) is 19.8 Å². The van der Waals surface area contributed by atoms with Crippen LogP contribution in [0.5, 0.6) is 5.75 Å². The molecule has 2 N–H and O–H groups in total. The number of nitrogens with zero attached hydrogens (tertiary/aromatic N) is 2. The number of carbonyl (C=O) groups is 2. The molecule has 34 heavy (non-hydrogen) atoms. The van der Waals surface area contributed by atoms with Crippen molar-refractivity contribution in [3.05, 3.63) is 29.3 Å². The minimum absolute atomic E-state index is 0.00960. The van der Waals surface area contributed by atoms with Crippen molar-refractivity contribution < 1.29 is 24.2 Å². The van der Waals surface area contributed by atoms with Gasteiger partial charge in [-0.05, 0) is 82.1 Å². The van der Waals surface area contributed by atoms with Gasteiger partial charge in [-0.25, -0.2) is 4.99 Å². The fourth-order valence-corrected chi connectivity index (χ4v) is 4.58. The van der Waals surface area contributed by atoms with Gasteiger partial charge in [0.2, 0.25) is 11.9 Å². The molecule has 1 aliphatic heterocycles. The fraction of sp³-hybridized carbons (Fsp3) is 0.654. The Labute approximate surface area is 202 Å². The van der Waals surface area contributed by atoms with E-state index in [0.29, 0.717) is 24.8 Å². The van der Waals surface area contributed by atoms with Crippen LogP contribution in [0, 0.1) is 5.92 Å². The summed E-state index contributed by atoms with van der Waals surface area (Å²) in [7, 11) is 0. The van der Waals surface area contributed by atoms with Gasteiger partial charge in [-0.15, -0.1) is 0 Å². The largest absolute Gasteiger partial charge is 0.491 e. The van der Waals surface area contributed by atoms with E-state index in [0.717, 1.165) is 44.4 Å².